The van der Waals surface area contributed by atoms with E-state index in [9.17, 15) is 9.59 Å². The van der Waals surface area contributed by atoms with Gasteiger partial charge in [0.15, 0.2) is 11.5 Å². The van der Waals surface area contributed by atoms with Gasteiger partial charge in [-0.25, -0.2) is 0 Å². The van der Waals surface area contributed by atoms with E-state index in [1.54, 1.807) is 4.90 Å². The number of benzene rings is 3. The van der Waals surface area contributed by atoms with Crippen LogP contribution in [0.3, 0.4) is 0 Å². The number of amides is 2. The molecule has 0 saturated heterocycles. The third-order valence-electron chi connectivity index (χ3n) is 7.48. The molecular weight excluding hydrogens is 476 g/mol. The highest BCUT2D eigenvalue weighted by Crippen LogP contribution is 2.33. The van der Waals surface area contributed by atoms with Gasteiger partial charge in [-0.05, 0) is 48.1 Å². The zero-order valence-electron chi connectivity index (χ0n) is 21.8. The predicted molar refractivity (Wildman–Crippen MR) is 147 cm³/mol. The van der Waals surface area contributed by atoms with Crippen LogP contribution in [0.25, 0.3) is 0 Å². The minimum absolute atomic E-state index is 0.0359. The van der Waals surface area contributed by atoms with Gasteiger partial charge < -0.3 is 19.7 Å². The topological polar surface area (TPSA) is 67.9 Å². The van der Waals surface area contributed by atoms with Crippen LogP contribution in [-0.2, 0) is 29.0 Å². The minimum atomic E-state index is -0.594. The van der Waals surface area contributed by atoms with E-state index in [2.05, 4.69) is 5.32 Å². The third kappa shape index (κ3) is 6.74. The lowest BCUT2D eigenvalue weighted by atomic mass is 9.94. The maximum absolute atomic E-state index is 13.9. The molecule has 0 radical (unpaired) electrons. The number of ether oxygens (including phenoxy) is 2. The van der Waals surface area contributed by atoms with Crippen LogP contribution in [0.5, 0.6) is 11.5 Å². The predicted octanol–water partition coefficient (Wildman–Crippen LogP) is 5.44. The summed E-state index contributed by atoms with van der Waals surface area (Å²) in [6.45, 7) is 0.607. The molecular formula is C32H36N2O4. The second kappa shape index (κ2) is 12.6. The van der Waals surface area contributed by atoms with E-state index in [1.165, 1.54) is 6.42 Å². The maximum atomic E-state index is 13.9. The van der Waals surface area contributed by atoms with E-state index < -0.39 is 6.04 Å². The van der Waals surface area contributed by atoms with Crippen LogP contribution in [0.1, 0.15) is 55.2 Å². The molecule has 2 amide bonds. The van der Waals surface area contributed by atoms with Gasteiger partial charge in [-0.2, -0.15) is 0 Å². The fourth-order valence-electron chi connectivity index (χ4n) is 5.37. The average molecular weight is 513 g/mol. The quantitative estimate of drug-likeness (QED) is 0.393. The van der Waals surface area contributed by atoms with E-state index in [0.717, 1.165) is 48.1 Å². The first kappa shape index (κ1) is 25.8. The molecule has 1 aliphatic heterocycles. The molecule has 0 spiro atoms. The van der Waals surface area contributed by atoms with Crippen molar-refractivity contribution in [2.45, 2.75) is 70.0 Å². The number of carbonyl (C=O) groups excluding carboxylic acids is 2. The summed E-state index contributed by atoms with van der Waals surface area (Å²) in [7, 11) is 0. The average Bonchev–Trinajstić information content (AvgIpc) is 3.43. The Morgan fingerprint density at radius 2 is 1.50 bits per heavy atom. The number of hydrogen-bond acceptors (Lipinski definition) is 4. The van der Waals surface area contributed by atoms with Gasteiger partial charge in [0, 0.05) is 25.4 Å². The molecule has 3 aromatic rings. The Morgan fingerprint density at radius 3 is 2.24 bits per heavy atom. The van der Waals surface area contributed by atoms with Crippen LogP contribution < -0.4 is 14.8 Å². The normalized spacial score (nSPS) is 15.6. The second-order valence-electron chi connectivity index (χ2n) is 10.2. The zero-order chi connectivity index (χ0) is 26.2. The molecule has 6 nitrogen and oxygen atoms in total. The number of nitrogens with one attached hydrogen (secondary N) is 1. The number of rotatable bonds is 10. The SMILES string of the molecule is O=C(NC1CCCCC1)C(Cc1ccccc1)N(Cc1ccccc1)C(=O)CCc1ccc2c(c1)OCO2. The molecule has 198 valence electrons. The van der Waals surface area contributed by atoms with Gasteiger partial charge in [-0.1, -0.05) is 86.0 Å². The van der Waals surface area contributed by atoms with Crippen molar-refractivity contribution in [2.75, 3.05) is 6.79 Å². The molecule has 1 atom stereocenters. The highest BCUT2D eigenvalue weighted by atomic mass is 16.7. The van der Waals surface area contributed by atoms with Crippen molar-refractivity contribution in [3.63, 3.8) is 0 Å². The van der Waals surface area contributed by atoms with Crippen molar-refractivity contribution in [1.82, 2.24) is 10.2 Å². The van der Waals surface area contributed by atoms with Crippen molar-refractivity contribution in [2.24, 2.45) is 0 Å². The van der Waals surface area contributed by atoms with Crippen molar-refractivity contribution >= 4 is 11.8 Å². The van der Waals surface area contributed by atoms with Gasteiger partial charge in [0.25, 0.3) is 0 Å². The van der Waals surface area contributed by atoms with Crippen LogP contribution >= 0.6 is 0 Å². The van der Waals surface area contributed by atoms with Gasteiger partial charge in [-0.3, -0.25) is 9.59 Å². The Morgan fingerprint density at radius 1 is 0.816 bits per heavy atom. The van der Waals surface area contributed by atoms with Crippen molar-refractivity contribution < 1.29 is 19.1 Å². The smallest absolute Gasteiger partial charge is 0.243 e. The number of fused-ring (bicyclic) bond motifs is 1. The summed E-state index contributed by atoms with van der Waals surface area (Å²) in [5.74, 6) is 1.34. The maximum Gasteiger partial charge on any atom is 0.243 e. The largest absolute Gasteiger partial charge is 0.454 e. The Hall–Kier alpha value is -3.80. The van der Waals surface area contributed by atoms with Crippen LogP contribution in [0.2, 0.25) is 0 Å². The first-order chi connectivity index (χ1) is 18.7. The fraction of sp³-hybridized carbons (Fsp3) is 0.375. The lowest BCUT2D eigenvalue weighted by Gasteiger charge is -2.33. The molecule has 0 aromatic heterocycles. The van der Waals surface area contributed by atoms with Gasteiger partial charge in [0.2, 0.25) is 18.6 Å². The van der Waals surface area contributed by atoms with Gasteiger partial charge >= 0.3 is 0 Å². The summed E-state index contributed by atoms with van der Waals surface area (Å²) in [5, 5.41) is 3.30. The molecule has 1 heterocycles. The van der Waals surface area contributed by atoms with Crippen LogP contribution in [-0.4, -0.2) is 35.6 Å². The molecule has 3 aromatic carbocycles. The Kier molecular flexibility index (Phi) is 8.59. The molecule has 6 heteroatoms. The highest BCUT2D eigenvalue weighted by molar-refractivity contribution is 5.88. The Bertz CT molecular complexity index is 1210. The van der Waals surface area contributed by atoms with Crippen molar-refractivity contribution in [3.8, 4) is 11.5 Å². The van der Waals surface area contributed by atoms with Crippen molar-refractivity contribution in [1.29, 1.82) is 0 Å². The monoisotopic (exact) mass is 512 g/mol. The summed E-state index contributed by atoms with van der Waals surface area (Å²) in [5.41, 5.74) is 3.05. The van der Waals surface area contributed by atoms with Crippen LogP contribution in [0.4, 0.5) is 0 Å². The lowest BCUT2D eigenvalue weighted by molar-refractivity contribution is -0.141. The molecule has 1 fully saturated rings. The molecule has 1 aliphatic carbocycles. The summed E-state index contributed by atoms with van der Waals surface area (Å²) in [6.07, 6.45) is 6.83. The van der Waals surface area contributed by atoms with E-state index in [4.69, 9.17) is 9.47 Å². The van der Waals surface area contributed by atoms with E-state index in [-0.39, 0.29) is 24.6 Å². The molecule has 0 bridgehead atoms. The molecule has 1 N–H and O–H groups in total. The van der Waals surface area contributed by atoms with Crippen LogP contribution in [0.15, 0.2) is 78.9 Å². The standard InChI is InChI=1S/C32H36N2O4/c35-31(19-17-25-16-18-29-30(21-25)38-23-37-29)34(22-26-12-6-2-7-13-26)28(20-24-10-4-1-5-11-24)32(36)33-27-14-8-3-9-15-27/h1-2,4-7,10-13,16,18,21,27-28H,3,8-9,14-15,17,19-20,22-23H2,(H,33,36). The summed E-state index contributed by atoms with van der Waals surface area (Å²) in [6, 6.07) is 25.3. The molecule has 38 heavy (non-hydrogen) atoms. The third-order valence-corrected chi connectivity index (χ3v) is 7.48. The Balaban J connectivity index is 1.38. The second-order valence-corrected chi connectivity index (χ2v) is 10.2. The van der Waals surface area contributed by atoms with Crippen LogP contribution in [0, 0.1) is 0 Å². The minimum Gasteiger partial charge on any atom is -0.454 e. The highest BCUT2D eigenvalue weighted by Gasteiger charge is 2.31. The molecule has 2 aliphatic rings. The van der Waals surface area contributed by atoms with Gasteiger partial charge in [-0.15, -0.1) is 0 Å². The van der Waals surface area contributed by atoms with Crippen molar-refractivity contribution in [3.05, 3.63) is 95.6 Å². The number of aryl methyl sites for hydroxylation is 1. The number of nitrogens with zero attached hydrogens (tertiary/aromatic N) is 1. The Labute approximate surface area is 225 Å². The lowest BCUT2D eigenvalue weighted by Crippen LogP contribution is -2.52. The summed E-state index contributed by atoms with van der Waals surface area (Å²) >= 11 is 0. The summed E-state index contributed by atoms with van der Waals surface area (Å²) < 4.78 is 10.9. The molecule has 1 unspecified atom stereocenters. The number of hydrogen-bond donors (Lipinski definition) is 1. The van der Waals surface area contributed by atoms with Gasteiger partial charge in [0.1, 0.15) is 6.04 Å². The van der Waals surface area contributed by atoms with E-state index in [1.807, 2.05) is 78.9 Å². The van der Waals surface area contributed by atoms with E-state index >= 15 is 0 Å². The first-order valence-corrected chi connectivity index (χ1v) is 13.7. The van der Waals surface area contributed by atoms with Gasteiger partial charge in [0.05, 0.1) is 0 Å². The molecule has 5 rings (SSSR count). The van der Waals surface area contributed by atoms with E-state index in [0.29, 0.717) is 31.6 Å². The molecule has 1 saturated carbocycles. The number of carbonyl (C=O) groups is 2. The summed E-state index contributed by atoms with van der Waals surface area (Å²) in [4.78, 5) is 29.5. The zero-order valence-corrected chi connectivity index (χ0v) is 21.8. The fourth-order valence-corrected chi connectivity index (χ4v) is 5.37. The first-order valence-electron chi connectivity index (χ1n) is 13.7.